The molecule has 1 unspecified atom stereocenters. The average molecular weight is 502 g/mol. The van der Waals surface area contributed by atoms with Gasteiger partial charge in [-0.05, 0) is 79.5 Å². The van der Waals surface area contributed by atoms with Crippen molar-refractivity contribution in [2.45, 2.75) is 52.0 Å². The Balaban J connectivity index is 1.34. The Kier molecular flexibility index (Phi) is 7.37. The van der Waals surface area contributed by atoms with Crippen LogP contribution in [-0.2, 0) is 24.1 Å². The number of nitrogens with zero attached hydrogens (tertiary/aromatic N) is 4. The standard InChI is InChI=1S/C29H35N5O3/c1-3-14-37-29(36)34-12-10-33(11-13-34)28(35)22-5-7-25-19(2)24-6-4-20(16-26(24)32-27(25)17-22)21-8-9-31-23(15-21)18-30/h5,7-9,15,17,20H,3-4,6,10-14,16,18,30H2,1-2H3. The Morgan fingerprint density at radius 2 is 1.89 bits per heavy atom. The van der Waals surface area contributed by atoms with Crippen LogP contribution in [0.1, 0.15) is 64.1 Å². The number of carbonyl (C=O) groups excluding carboxylic acids is 2. The van der Waals surface area contributed by atoms with E-state index in [1.54, 1.807) is 4.90 Å². The fourth-order valence-corrected chi connectivity index (χ4v) is 5.52. The quantitative estimate of drug-likeness (QED) is 0.568. The first-order valence-electron chi connectivity index (χ1n) is 13.3. The van der Waals surface area contributed by atoms with Gasteiger partial charge in [-0.3, -0.25) is 14.8 Å². The predicted molar refractivity (Wildman–Crippen MR) is 142 cm³/mol. The number of fused-ring (bicyclic) bond motifs is 2. The van der Waals surface area contributed by atoms with Crippen molar-refractivity contribution in [3.63, 3.8) is 0 Å². The molecule has 8 nitrogen and oxygen atoms in total. The van der Waals surface area contributed by atoms with Crippen molar-refractivity contribution >= 4 is 22.9 Å². The Bertz CT molecular complexity index is 1320. The van der Waals surface area contributed by atoms with Gasteiger partial charge in [0.05, 0.1) is 17.8 Å². The van der Waals surface area contributed by atoms with Crippen molar-refractivity contribution in [3.05, 3.63) is 70.2 Å². The summed E-state index contributed by atoms with van der Waals surface area (Å²) in [4.78, 5) is 38.3. The van der Waals surface area contributed by atoms with Crippen LogP contribution in [-0.4, -0.2) is 64.6 Å². The molecule has 3 heterocycles. The third-order valence-corrected chi connectivity index (χ3v) is 7.66. The molecule has 37 heavy (non-hydrogen) atoms. The molecule has 1 fully saturated rings. The molecule has 3 aromatic rings. The summed E-state index contributed by atoms with van der Waals surface area (Å²) in [7, 11) is 0. The number of nitrogens with two attached hydrogens (primary N) is 1. The van der Waals surface area contributed by atoms with Gasteiger partial charge in [-0.2, -0.15) is 0 Å². The second kappa shape index (κ2) is 10.8. The van der Waals surface area contributed by atoms with Crippen LogP contribution < -0.4 is 5.73 Å². The number of ether oxygens (including phenoxy) is 1. The first kappa shape index (κ1) is 25.1. The van der Waals surface area contributed by atoms with Crippen molar-refractivity contribution in [3.8, 4) is 0 Å². The molecule has 2 amide bonds. The molecule has 0 spiro atoms. The summed E-state index contributed by atoms with van der Waals surface area (Å²) < 4.78 is 5.23. The van der Waals surface area contributed by atoms with E-state index in [1.807, 2.05) is 36.2 Å². The highest BCUT2D eigenvalue weighted by molar-refractivity contribution is 5.98. The number of aryl methyl sites for hydroxylation is 1. The van der Waals surface area contributed by atoms with E-state index in [-0.39, 0.29) is 12.0 Å². The van der Waals surface area contributed by atoms with Crippen LogP contribution in [0.4, 0.5) is 4.79 Å². The number of hydrogen-bond acceptors (Lipinski definition) is 6. The van der Waals surface area contributed by atoms with E-state index in [9.17, 15) is 9.59 Å². The molecule has 0 radical (unpaired) electrons. The summed E-state index contributed by atoms with van der Waals surface area (Å²) in [6.45, 7) is 6.94. The number of pyridine rings is 2. The summed E-state index contributed by atoms with van der Waals surface area (Å²) in [5, 5.41) is 1.10. The number of piperazine rings is 1. The van der Waals surface area contributed by atoms with E-state index in [1.165, 1.54) is 16.7 Å². The number of amides is 2. The van der Waals surface area contributed by atoms with Crippen molar-refractivity contribution in [2.24, 2.45) is 5.73 Å². The molecule has 1 atom stereocenters. The molecular weight excluding hydrogens is 466 g/mol. The van der Waals surface area contributed by atoms with E-state index in [0.717, 1.165) is 48.0 Å². The second-order valence-electron chi connectivity index (χ2n) is 10.0. The van der Waals surface area contributed by atoms with E-state index in [4.69, 9.17) is 15.5 Å². The molecule has 1 aliphatic heterocycles. The minimum absolute atomic E-state index is 0.0235. The lowest BCUT2D eigenvalue weighted by Crippen LogP contribution is -2.50. The molecule has 8 heteroatoms. The van der Waals surface area contributed by atoms with Crippen LogP contribution in [0, 0.1) is 6.92 Å². The SMILES string of the molecule is CCCOC(=O)N1CCN(C(=O)c2ccc3c(C)c4c(nc3c2)CC(c2ccnc(CN)c2)CC4)CC1. The van der Waals surface area contributed by atoms with Crippen LogP contribution in [0.2, 0.25) is 0 Å². The molecule has 2 N–H and O–H groups in total. The van der Waals surface area contributed by atoms with Gasteiger partial charge in [0.15, 0.2) is 0 Å². The molecule has 2 aliphatic rings. The maximum atomic E-state index is 13.3. The van der Waals surface area contributed by atoms with Crippen LogP contribution >= 0.6 is 0 Å². The number of carbonyl (C=O) groups is 2. The monoisotopic (exact) mass is 501 g/mol. The fourth-order valence-electron chi connectivity index (χ4n) is 5.52. The lowest BCUT2D eigenvalue weighted by Gasteiger charge is -2.34. The average Bonchev–Trinajstić information content (AvgIpc) is 2.95. The normalized spacial score (nSPS) is 17.5. The van der Waals surface area contributed by atoms with Gasteiger partial charge in [0.2, 0.25) is 0 Å². The molecular formula is C29H35N5O3. The molecule has 2 aromatic heterocycles. The van der Waals surface area contributed by atoms with Crippen LogP contribution in [0.3, 0.4) is 0 Å². The minimum Gasteiger partial charge on any atom is -0.449 e. The topological polar surface area (TPSA) is 102 Å². The molecule has 0 bridgehead atoms. The third kappa shape index (κ3) is 5.16. The Labute approximate surface area is 217 Å². The maximum Gasteiger partial charge on any atom is 0.409 e. The summed E-state index contributed by atoms with van der Waals surface area (Å²) >= 11 is 0. The molecule has 0 saturated carbocycles. The highest BCUT2D eigenvalue weighted by Crippen LogP contribution is 2.36. The highest BCUT2D eigenvalue weighted by atomic mass is 16.6. The second-order valence-corrected chi connectivity index (χ2v) is 10.0. The van der Waals surface area contributed by atoms with Crippen molar-refractivity contribution in [1.82, 2.24) is 19.8 Å². The largest absolute Gasteiger partial charge is 0.449 e. The first-order chi connectivity index (χ1) is 18.0. The number of hydrogen-bond donors (Lipinski definition) is 1. The van der Waals surface area contributed by atoms with E-state index < -0.39 is 0 Å². The lowest BCUT2D eigenvalue weighted by molar-refractivity contribution is 0.0560. The smallest absolute Gasteiger partial charge is 0.409 e. The number of aromatic nitrogens is 2. The summed E-state index contributed by atoms with van der Waals surface area (Å²) in [5.74, 6) is 0.361. The van der Waals surface area contributed by atoms with Gasteiger partial charge >= 0.3 is 6.09 Å². The molecule has 1 saturated heterocycles. The predicted octanol–water partition coefficient (Wildman–Crippen LogP) is 3.97. The lowest BCUT2D eigenvalue weighted by atomic mass is 9.80. The summed E-state index contributed by atoms with van der Waals surface area (Å²) in [6.07, 6.45) is 5.27. The zero-order valence-corrected chi connectivity index (χ0v) is 21.7. The number of benzene rings is 1. The zero-order chi connectivity index (χ0) is 25.9. The van der Waals surface area contributed by atoms with Gasteiger partial charge in [-0.15, -0.1) is 0 Å². The van der Waals surface area contributed by atoms with Gasteiger partial charge in [0.1, 0.15) is 0 Å². The van der Waals surface area contributed by atoms with Crippen LogP contribution in [0.5, 0.6) is 0 Å². The minimum atomic E-state index is -0.298. The van der Waals surface area contributed by atoms with Gasteiger partial charge in [0.25, 0.3) is 5.91 Å². The summed E-state index contributed by atoms with van der Waals surface area (Å²) in [6, 6.07) is 10.1. The van der Waals surface area contributed by atoms with Gasteiger partial charge in [-0.1, -0.05) is 13.0 Å². The maximum absolute atomic E-state index is 13.3. The Morgan fingerprint density at radius 3 is 2.65 bits per heavy atom. The van der Waals surface area contributed by atoms with Crippen molar-refractivity contribution in [2.75, 3.05) is 32.8 Å². The van der Waals surface area contributed by atoms with Gasteiger partial charge < -0.3 is 20.3 Å². The van der Waals surface area contributed by atoms with E-state index in [0.29, 0.717) is 50.8 Å². The first-order valence-corrected chi connectivity index (χ1v) is 13.3. The Morgan fingerprint density at radius 1 is 1.11 bits per heavy atom. The molecule has 5 rings (SSSR count). The molecule has 1 aliphatic carbocycles. The summed E-state index contributed by atoms with van der Waals surface area (Å²) in [5.41, 5.74) is 13.2. The van der Waals surface area contributed by atoms with Gasteiger partial charge in [0, 0.05) is 55.6 Å². The molecule has 1 aromatic carbocycles. The van der Waals surface area contributed by atoms with Crippen LogP contribution in [0.15, 0.2) is 36.5 Å². The zero-order valence-electron chi connectivity index (χ0n) is 21.7. The van der Waals surface area contributed by atoms with Crippen molar-refractivity contribution in [1.29, 1.82) is 0 Å². The van der Waals surface area contributed by atoms with Gasteiger partial charge in [-0.25, -0.2) is 4.79 Å². The number of rotatable bonds is 5. The highest BCUT2D eigenvalue weighted by Gasteiger charge is 2.27. The third-order valence-electron chi connectivity index (χ3n) is 7.66. The van der Waals surface area contributed by atoms with Crippen molar-refractivity contribution < 1.29 is 14.3 Å². The van der Waals surface area contributed by atoms with Crippen LogP contribution in [0.25, 0.3) is 10.9 Å². The van der Waals surface area contributed by atoms with E-state index in [2.05, 4.69) is 24.0 Å². The van der Waals surface area contributed by atoms with E-state index >= 15 is 0 Å². The fraction of sp³-hybridized carbons (Fsp3) is 0.448. The Hall–Kier alpha value is -3.52. The molecule has 194 valence electrons.